The van der Waals surface area contributed by atoms with Gasteiger partial charge in [-0.15, -0.1) is 0 Å². The molecule has 1 heterocycles. The largest absolute Gasteiger partial charge is 0.376 e. The summed E-state index contributed by atoms with van der Waals surface area (Å²) in [6, 6.07) is 13.1. The van der Waals surface area contributed by atoms with Crippen molar-refractivity contribution in [2.24, 2.45) is 4.99 Å². The van der Waals surface area contributed by atoms with Crippen molar-refractivity contribution in [3.8, 4) is 0 Å². The minimum Gasteiger partial charge on any atom is -0.376 e. The lowest BCUT2D eigenvalue weighted by molar-refractivity contribution is 0.0975. The number of aliphatic imine (C=N–C) groups is 1. The van der Waals surface area contributed by atoms with Crippen LogP contribution in [0.25, 0.3) is 0 Å². The molecule has 1 atom stereocenters. The minimum absolute atomic E-state index is 0.0754. The van der Waals surface area contributed by atoms with Crippen LogP contribution in [-0.2, 0) is 4.74 Å². The summed E-state index contributed by atoms with van der Waals surface area (Å²) in [4.78, 5) is 17.0. The zero-order valence-electron chi connectivity index (χ0n) is 14.7. The first-order valence-corrected chi connectivity index (χ1v) is 8.67. The van der Waals surface area contributed by atoms with Crippen LogP contribution in [-0.4, -0.2) is 31.1 Å². The third-order valence-electron chi connectivity index (χ3n) is 4.21. The van der Waals surface area contributed by atoms with Crippen molar-refractivity contribution in [1.29, 1.82) is 0 Å². The number of hydrogen-bond acceptors (Lipinski definition) is 3. The highest BCUT2D eigenvalue weighted by Gasteiger charge is 2.16. The molecule has 5 nitrogen and oxygen atoms in total. The van der Waals surface area contributed by atoms with Gasteiger partial charge in [0.1, 0.15) is 5.82 Å². The Kier molecular flexibility index (Phi) is 5.96. The van der Waals surface area contributed by atoms with Gasteiger partial charge in [-0.1, -0.05) is 18.2 Å². The molecule has 1 unspecified atom stereocenters. The molecule has 0 saturated carbocycles. The number of benzene rings is 2. The van der Waals surface area contributed by atoms with Crippen LogP contribution in [0.3, 0.4) is 0 Å². The van der Waals surface area contributed by atoms with Gasteiger partial charge >= 0.3 is 0 Å². The van der Waals surface area contributed by atoms with E-state index in [0.29, 0.717) is 18.1 Å². The Morgan fingerprint density at radius 1 is 1.23 bits per heavy atom. The fourth-order valence-corrected chi connectivity index (χ4v) is 2.71. The fraction of sp³-hybridized carbons (Fsp3) is 0.300. The van der Waals surface area contributed by atoms with Crippen LogP contribution < -0.4 is 10.6 Å². The van der Waals surface area contributed by atoms with Gasteiger partial charge in [0.15, 0.2) is 0 Å². The van der Waals surface area contributed by atoms with E-state index >= 15 is 0 Å². The topological polar surface area (TPSA) is 62.7 Å². The molecule has 2 aromatic rings. The lowest BCUT2D eigenvalue weighted by Crippen LogP contribution is -2.37. The number of hydrogen-bond donors (Lipinski definition) is 2. The number of halogens is 1. The van der Waals surface area contributed by atoms with Gasteiger partial charge in [0.25, 0.3) is 5.91 Å². The summed E-state index contributed by atoms with van der Waals surface area (Å²) in [6.45, 7) is 3.20. The van der Waals surface area contributed by atoms with Crippen LogP contribution >= 0.6 is 0 Å². The zero-order valence-corrected chi connectivity index (χ0v) is 14.7. The molecule has 1 fully saturated rings. The number of carbonyl (C=O) groups is 1. The van der Waals surface area contributed by atoms with Crippen molar-refractivity contribution in [2.75, 3.05) is 18.5 Å². The molecule has 0 aliphatic carbocycles. The monoisotopic (exact) mass is 355 g/mol. The maximum atomic E-state index is 13.1. The van der Waals surface area contributed by atoms with Gasteiger partial charge in [0.2, 0.25) is 5.96 Å². The number of nitrogens with zero attached hydrogens (tertiary/aromatic N) is 1. The number of carbonyl (C=O) groups excluding carboxylic acids is 1. The van der Waals surface area contributed by atoms with Crippen LogP contribution in [0.1, 0.15) is 28.8 Å². The second kappa shape index (κ2) is 8.58. The summed E-state index contributed by atoms with van der Waals surface area (Å²) in [7, 11) is 0. The second-order valence-corrected chi connectivity index (χ2v) is 6.23. The van der Waals surface area contributed by atoms with E-state index in [9.17, 15) is 9.18 Å². The van der Waals surface area contributed by atoms with Gasteiger partial charge in [-0.05, 0) is 55.7 Å². The van der Waals surface area contributed by atoms with Gasteiger partial charge in [-0.2, -0.15) is 0 Å². The number of aryl methyl sites for hydroxylation is 1. The quantitative estimate of drug-likeness (QED) is 0.652. The predicted molar refractivity (Wildman–Crippen MR) is 99.9 cm³/mol. The minimum atomic E-state index is -0.383. The van der Waals surface area contributed by atoms with Crippen LogP contribution in [0, 0.1) is 12.7 Å². The van der Waals surface area contributed by atoms with Crippen molar-refractivity contribution in [3.63, 3.8) is 0 Å². The molecule has 1 aliphatic rings. The van der Waals surface area contributed by atoms with Crippen LogP contribution in [0.2, 0.25) is 0 Å². The zero-order chi connectivity index (χ0) is 18.4. The number of nitrogens with one attached hydrogen (secondary N) is 2. The predicted octanol–water partition coefficient (Wildman–Crippen LogP) is 3.51. The Morgan fingerprint density at radius 3 is 2.69 bits per heavy atom. The first-order valence-electron chi connectivity index (χ1n) is 8.67. The highest BCUT2D eigenvalue weighted by molar-refractivity contribution is 6.10. The Morgan fingerprint density at radius 2 is 2.00 bits per heavy atom. The number of ether oxygens (including phenoxy) is 1. The third-order valence-corrected chi connectivity index (χ3v) is 4.21. The second-order valence-electron chi connectivity index (χ2n) is 6.23. The fourth-order valence-electron chi connectivity index (χ4n) is 2.71. The molecule has 1 amide bonds. The maximum absolute atomic E-state index is 13.1. The molecular formula is C20H22FN3O2. The molecule has 136 valence electrons. The molecule has 26 heavy (non-hydrogen) atoms. The maximum Gasteiger partial charge on any atom is 0.257 e. The van der Waals surface area contributed by atoms with E-state index in [1.807, 2.05) is 31.2 Å². The summed E-state index contributed by atoms with van der Waals surface area (Å²) < 4.78 is 18.6. The summed E-state index contributed by atoms with van der Waals surface area (Å²) in [5, 5.41) is 5.95. The molecule has 3 rings (SSSR count). The van der Waals surface area contributed by atoms with E-state index < -0.39 is 0 Å². The van der Waals surface area contributed by atoms with Gasteiger partial charge in [-0.25, -0.2) is 9.38 Å². The van der Waals surface area contributed by atoms with Gasteiger partial charge in [0.05, 0.1) is 12.6 Å². The number of guanidine groups is 1. The Bertz CT molecular complexity index is 784. The highest BCUT2D eigenvalue weighted by atomic mass is 19.1. The molecule has 1 aliphatic heterocycles. The van der Waals surface area contributed by atoms with E-state index in [4.69, 9.17) is 4.74 Å². The molecule has 2 aromatic carbocycles. The average Bonchev–Trinajstić information content (AvgIpc) is 3.15. The number of amides is 1. The molecule has 6 heteroatoms. The molecular weight excluding hydrogens is 333 g/mol. The van der Waals surface area contributed by atoms with E-state index in [-0.39, 0.29) is 17.8 Å². The standard InChI is InChI=1S/C20H22FN3O2/c1-14-5-2-3-7-18(14)23-20(22-13-17-6-4-12-26-17)24-19(25)15-8-10-16(21)11-9-15/h2-3,5,7-11,17H,4,6,12-13H2,1H3,(H2,22,23,24,25). The molecule has 2 N–H and O–H groups in total. The van der Waals surface area contributed by atoms with Crippen LogP contribution in [0.15, 0.2) is 53.5 Å². The number of anilines is 1. The summed E-state index contributed by atoms with van der Waals surface area (Å²) in [5.41, 5.74) is 2.26. The molecule has 1 saturated heterocycles. The Labute approximate surface area is 152 Å². The molecule has 0 spiro atoms. The van der Waals surface area contributed by atoms with E-state index in [2.05, 4.69) is 15.6 Å². The van der Waals surface area contributed by atoms with Crippen LogP contribution in [0.5, 0.6) is 0 Å². The number of rotatable bonds is 4. The first-order chi connectivity index (χ1) is 12.6. The lowest BCUT2D eigenvalue weighted by Gasteiger charge is -2.14. The summed E-state index contributed by atoms with van der Waals surface area (Å²) >= 11 is 0. The average molecular weight is 355 g/mol. The van der Waals surface area contributed by atoms with Gasteiger partial charge < -0.3 is 10.1 Å². The third kappa shape index (κ3) is 4.89. The van der Waals surface area contributed by atoms with Crippen molar-refractivity contribution < 1.29 is 13.9 Å². The van der Waals surface area contributed by atoms with Crippen molar-refractivity contribution in [2.45, 2.75) is 25.9 Å². The van der Waals surface area contributed by atoms with E-state index in [1.54, 1.807) is 0 Å². The lowest BCUT2D eigenvalue weighted by atomic mass is 10.2. The SMILES string of the molecule is Cc1ccccc1NC(=NCC1CCCO1)NC(=O)c1ccc(F)cc1. The molecule has 0 aromatic heterocycles. The summed E-state index contributed by atoms with van der Waals surface area (Å²) in [6.07, 6.45) is 2.07. The van der Waals surface area contributed by atoms with E-state index in [1.165, 1.54) is 24.3 Å². The smallest absolute Gasteiger partial charge is 0.257 e. The Balaban J connectivity index is 1.75. The van der Waals surface area contributed by atoms with Crippen LogP contribution in [0.4, 0.5) is 10.1 Å². The molecule has 0 radical (unpaired) electrons. The van der Waals surface area contributed by atoms with E-state index in [0.717, 1.165) is 30.7 Å². The first kappa shape index (κ1) is 18.1. The summed E-state index contributed by atoms with van der Waals surface area (Å²) in [5.74, 6) is -0.381. The van der Waals surface area contributed by atoms with Crippen molar-refractivity contribution in [3.05, 3.63) is 65.5 Å². The number of para-hydroxylation sites is 1. The van der Waals surface area contributed by atoms with Crippen molar-refractivity contribution >= 4 is 17.6 Å². The van der Waals surface area contributed by atoms with Gasteiger partial charge in [-0.3, -0.25) is 10.1 Å². The highest BCUT2D eigenvalue weighted by Crippen LogP contribution is 2.14. The normalized spacial score (nSPS) is 17.2. The van der Waals surface area contributed by atoms with Crippen molar-refractivity contribution in [1.82, 2.24) is 5.32 Å². The molecule has 0 bridgehead atoms. The Hall–Kier alpha value is -2.73. The van der Waals surface area contributed by atoms with Gasteiger partial charge in [0, 0.05) is 17.9 Å².